The molecule has 0 saturated heterocycles. The van der Waals surface area contributed by atoms with E-state index in [9.17, 15) is 9.59 Å². The van der Waals surface area contributed by atoms with Gasteiger partial charge in [0.2, 0.25) is 5.91 Å². The number of benzene rings is 2. The van der Waals surface area contributed by atoms with E-state index in [1.54, 1.807) is 7.11 Å². The van der Waals surface area contributed by atoms with Gasteiger partial charge in [0.1, 0.15) is 10.6 Å². The lowest BCUT2D eigenvalue weighted by Gasteiger charge is -2.25. The molecule has 2 aromatic carbocycles. The maximum absolute atomic E-state index is 12.5. The van der Waals surface area contributed by atoms with Gasteiger partial charge in [-0.2, -0.15) is 0 Å². The molecule has 1 aromatic heterocycles. The minimum atomic E-state index is -0.351. The second-order valence-electron chi connectivity index (χ2n) is 6.98. The number of fused-ring (bicyclic) bond motifs is 1. The molecule has 158 valence electrons. The Morgan fingerprint density at radius 3 is 2.43 bits per heavy atom. The van der Waals surface area contributed by atoms with Gasteiger partial charge in [-0.3, -0.25) is 9.59 Å². The zero-order valence-electron chi connectivity index (χ0n) is 17.1. The molecule has 1 atom stereocenters. The lowest BCUT2D eigenvalue weighted by Crippen LogP contribution is -2.40. The Morgan fingerprint density at radius 1 is 1.10 bits per heavy atom. The van der Waals surface area contributed by atoms with E-state index in [4.69, 9.17) is 16.3 Å². The Hall–Kier alpha value is -2.61. The van der Waals surface area contributed by atoms with Crippen molar-refractivity contribution in [3.8, 4) is 5.75 Å². The first-order valence-corrected chi connectivity index (χ1v) is 10.6. The monoisotopic (exact) mass is 445 g/mol. The average molecular weight is 446 g/mol. The Kier molecular flexibility index (Phi) is 7.31. The second kappa shape index (κ2) is 9.93. The fraction of sp³-hybridized carbons (Fsp3) is 0.273. The lowest BCUT2D eigenvalue weighted by molar-refractivity contribution is -0.120. The number of hydrogen-bond acceptors (Lipinski definition) is 5. The molecule has 30 heavy (non-hydrogen) atoms. The molecule has 0 aliphatic rings. The summed E-state index contributed by atoms with van der Waals surface area (Å²) in [4.78, 5) is 27.2. The first-order valence-electron chi connectivity index (χ1n) is 9.43. The third kappa shape index (κ3) is 5.11. The van der Waals surface area contributed by atoms with Crippen LogP contribution in [-0.4, -0.2) is 51.0 Å². The van der Waals surface area contributed by atoms with Gasteiger partial charge in [0.25, 0.3) is 5.91 Å². The summed E-state index contributed by atoms with van der Waals surface area (Å²) < 4.78 is 6.13. The summed E-state index contributed by atoms with van der Waals surface area (Å²) >= 11 is 7.64. The summed E-state index contributed by atoms with van der Waals surface area (Å²) in [6, 6.07) is 15.3. The van der Waals surface area contributed by atoms with E-state index < -0.39 is 0 Å². The standard InChI is InChI=1S/C22H24ClN3O3S/c1-26(2)17(14-8-10-15(29-3)11-9-14)12-24-19(27)13-25-22(28)21-20(23)16-6-4-5-7-18(16)30-21/h4-11,17H,12-13H2,1-3H3,(H,24,27)(H,25,28). The average Bonchev–Trinajstić information content (AvgIpc) is 3.09. The quantitative estimate of drug-likeness (QED) is 0.554. The maximum Gasteiger partial charge on any atom is 0.263 e. The molecule has 1 heterocycles. The SMILES string of the molecule is COc1ccc(C(CNC(=O)CNC(=O)c2sc3ccccc3c2Cl)N(C)C)cc1. The molecule has 1 unspecified atom stereocenters. The van der Waals surface area contributed by atoms with Crippen molar-refractivity contribution < 1.29 is 14.3 Å². The summed E-state index contributed by atoms with van der Waals surface area (Å²) in [5, 5.41) is 6.79. The minimum absolute atomic E-state index is 0.00685. The number of nitrogens with one attached hydrogen (secondary N) is 2. The smallest absolute Gasteiger partial charge is 0.263 e. The van der Waals surface area contributed by atoms with Gasteiger partial charge in [-0.25, -0.2) is 0 Å². The largest absolute Gasteiger partial charge is 0.497 e. The molecule has 0 bridgehead atoms. The van der Waals surface area contributed by atoms with E-state index in [2.05, 4.69) is 10.6 Å². The summed E-state index contributed by atoms with van der Waals surface area (Å²) in [5.74, 6) is 0.166. The number of likely N-dealkylation sites (N-methyl/N-ethyl adjacent to an activating group) is 1. The third-order valence-corrected chi connectivity index (χ3v) is 6.44. The van der Waals surface area contributed by atoms with Crippen LogP contribution >= 0.6 is 22.9 Å². The molecular weight excluding hydrogens is 422 g/mol. The van der Waals surface area contributed by atoms with Gasteiger partial charge in [0.05, 0.1) is 24.7 Å². The highest BCUT2D eigenvalue weighted by molar-refractivity contribution is 7.21. The molecule has 3 rings (SSSR count). The fourth-order valence-electron chi connectivity index (χ4n) is 3.10. The van der Waals surface area contributed by atoms with Crippen molar-refractivity contribution in [3.05, 3.63) is 64.0 Å². The third-order valence-electron chi connectivity index (χ3n) is 4.77. The van der Waals surface area contributed by atoms with Crippen LogP contribution < -0.4 is 15.4 Å². The fourth-order valence-corrected chi connectivity index (χ4v) is 4.53. The topological polar surface area (TPSA) is 70.7 Å². The number of rotatable bonds is 8. The number of amides is 2. The van der Waals surface area contributed by atoms with Crippen molar-refractivity contribution in [2.45, 2.75) is 6.04 Å². The first kappa shape index (κ1) is 22.1. The summed E-state index contributed by atoms with van der Waals surface area (Å²) in [5.41, 5.74) is 1.06. The van der Waals surface area contributed by atoms with Crippen molar-refractivity contribution in [1.82, 2.24) is 15.5 Å². The van der Waals surface area contributed by atoms with Crippen LogP contribution in [0.1, 0.15) is 21.3 Å². The maximum atomic E-state index is 12.5. The normalized spacial score (nSPS) is 12.0. The van der Waals surface area contributed by atoms with Crippen LogP contribution in [-0.2, 0) is 4.79 Å². The zero-order chi connectivity index (χ0) is 21.7. The molecule has 0 radical (unpaired) electrons. The van der Waals surface area contributed by atoms with E-state index in [0.717, 1.165) is 21.4 Å². The summed E-state index contributed by atoms with van der Waals surface area (Å²) in [6.07, 6.45) is 0. The predicted octanol–water partition coefficient (Wildman–Crippen LogP) is 3.71. The first-order chi connectivity index (χ1) is 14.4. The Morgan fingerprint density at radius 2 is 1.80 bits per heavy atom. The number of halogens is 1. The van der Waals surface area contributed by atoms with E-state index in [-0.39, 0.29) is 24.4 Å². The van der Waals surface area contributed by atoms with E-state index >= 15 is 0 Å². The molecule has 8 heteroatoms. The van der Waals surface area contributed by atoms with Crippen molar-refractivity contribution in [2.75, 3.05) is 34.3 Å². The minimum Gasteiger partial charge on any atom is -0.497 e. The number of hydrogen-bond donors (Lipinski definition) is 2. The molecule has 0 fully saturated rings. The van der Waals surface area contributed by atoms with Crippen LogP contribution in [0.3, 0.4) is 0 Å². The Balaban J connectivity index is 1.56. The van der Waals surface area contributed by atoms with Crippen molar-refractivity contribution in [2.24, 2.45) is 0 Å². The van der Waals surface area contributed by atoms with Crippen LogP contribution in [0.15, 0.2) is 48.5 Å². The van der Waals surface area contributed by atoms with Gasteiger partial charge < -0.3 is 20.3 Å². The van der Waals surface area contributed by atoms with E-state index in [1.165, 1.54) is 11.3 Å². The molecule has 2 amide bonds. The van der Waals surface area contributed by atoms with Crippen LogP contribution in [0.5, 0.6) is 5.75 Å². The number of carbonyl (C=O) groups is 2. The number of carbonyl (C=O) groups excluding carboxylic acids is 2. The van der Waals surface area contributed by atoms with Crippen LogP contribution in [0.25, 0.3) is 10.1 Å². The molecule has 0 aliphatic carbocycles. The number of methoxy groups -OCH3 is 1. The van der Waals surface area contributed by atoms with Gasteiger partial charge >= 0.3 is 0 Å². The van der Waals surface area contributed by atoms with Crippen molar-refractivity contribution >= 4 is 44.8 Å². The molecule has 0 aliphatic heterocycles. The number of ether oxygens (including phenoxy) is 1. The van der Waals surface area contributed by atoms with Crippen molar-refractivity contribution in [3.63, 3.8) is 0 Å². The molecule has 0 spiro atoms. The Bertz CT molecular complexity index is 1030. The van der Waals surface area contributed by atoms with Gasteiger partial charge in [-0.1, -0.05) is 41.9 Å². The summed E-state index contributed by atoms with van der Waals surface area (Å²) in [6.45, 7) is 0.295. The van der Waals surface area contributed by atoms with Crippen LogP contribution in [0.2, 0.25) is 5.02 Å². The molecule has 0 saturated carbocycles. The molecule has 6 nitrogen and oxygen atoms in total. The molecule has 2 N–H and O–H groups in total. The number of nitrogens with zero attached hydrogens (tertiary/aromatic N) is 1. The van der Waals surface area contributed by atoms with Gasteiger partial charge in [-0.05, 0) is 37.9 Å². The predicted molar refractivity (Wildman–Crippen MR) is 122 cm³/mol. The Labute approximate surface area is 184 Å². The van der Waals surface area contributed by atoms with Crippen molar-refractivity contribution in [1.29, 1.82) is 0 Å². The van der Waals surface area contributed by atoms with E-state index in [0.29, 0.717) is 16.4 Å². The highest BCUT2D eigenvalue weighted by Crippen LogP contribution is 2.34. The second-order valence-corrected chi connectivity index (χ2v) is 8.41. The lowest BCUT2D eigenvalue weighted by atomic mass is 10.1. The van der Waals surface area contributed by atoms with Crippen LogP contribution in [0.4, 0.5) is 0 Å². The number of thiophene rings is 1. The highest BCUT2D eigenvalue weighted by atomic mass is 35.5. The summed E-state index contributed by atoms with van der Waals surface area (Å²) in [7, 11) is 5.53. The van der Waals surface area contributed by atoms with E-state index in [1.807, 2.05) is 67.5 Å². The van der Waals surface area contributed by atoms with Gasteiger partial charge in [0, 0.05) is 16.6 Å². The molecular formula is C22H24ClN3O3S. The molecule has 3 aromatic rings. The zero-order valence-corrected chi connectivity index (χ0v) is 18.6. The van der Waals surface area contributed by atoms with Crippen LogP contribution in [0, 0.1) is 0 Å². The van der Waals surface area contributed by atoms with Gasteiger partial charge in [0.15, 0.2) is 0 Å². The highest BCUT2D eigenvalue weighted by Gasteiger charge is 2.19. The van der Waals surface area contributed by atoms with Gasteiger partial charge in [-0.15, -0.1) is 11.3 Å².